The van der Waals surface area contributed by atoms with E-state index in [0.717, 1.165) is 18.7 Å². The van der Waals surface area contributed by atoms with Crippen molar-refractivity contribution < 1.29 is 9.53 Å². The van der Waals surface area contributed by atoms with E-state index in [4.69, 9.17) is 4.74 Å². The predicted octanol–water partition coefficient (Wildman–Crippen LogP) is 2.71. The Morgan fingerprint density at radius 2 is 1.74 bits per heavy atom. The highest BCUT2D eigenvalue weighted by atomic mass is 16.6. The zero-order valence-corrected chi connectivity index (χ0v) is 17.7. The van der Waals surface area contributed by atoms with Crippen LogP contribution in [0, 0.1) is 5.92 Å². The van der Waals surface area contributed by atoms with Crippen molar-refractivity contribution in [2.24, 2.45) is 5.92 Å². The number of aromatic nitrogens is 2. The molecule has 4 heterocycles. The third kappa shape index (κ3) is 3.26. The van der Waals surface area contributed by atoms with Crippen LogP contribution in [0.25, 0.3) is 0 Å². The predicted molar refractivity (Wildman–Crippen MR) is 116 cm³/mol. The highest BCUT2D eigenvalue weighted by Gasteiger charge is 2.58. The van der Waals surface area contributed by atoms with Gasteiger partial charge in [0, 0.05) is 38.5 Å². The highest BCUT2D eigenvalue weighted by Crippen LogP contribution is 2.47. The zero-order chi connectivity index (χ0) is 21.0. The van der Waals surface area contributed by atoms with E-state index in [1.807, 2.05) is 29.2 Å². The first-order chi connectivity index (χ1) is 15.1. The molecule has 162 valence electrons. The minimum Gasteiger partial charge on any atom is -0.355 e. The zero-order valence-electron chi connectivity index (χ0n) is 17.7. The minimum atomic E-state index is -0.711. The van der Waals surface area contributed by atoms with E-state index in [0.29, 0.717) is 38.4 Å². The summed E-state index contributed by atoms with van der Waals surface area (Å²) in [5, 5.41) is 4.61. The number of benzene rings is 1. The van der Waals surface area contributed by atoms with Gasteiger partial charge in [-0.1, -0.05) is 30.3 Å². The molecule has 0 bridgehead atoms. The van der Waals surface area contributed by atoms with Crippen LogP contribution in [0.2, 0.25) is 0 Å². The second-order valence-corrected chi connectivity index (χ2v) is 9.43. The molecule has 4 aliphatic rings. The van der Waals surface area contributed by atoms with Crippen molar-refractivity contribution in [3.8, 4) is 0 Å². The maximum atomic E-state index is 13.5. The maximum absolute atomic E-state index is 13.5. The van der Waals surface area contributed by atoms with Crippen LogP contribution >= 0.6 is 0 Å². The lowest BCUT2D eigenvalue weighted by atomic mass is 9.89. The molecule has 0 radical (unpaired) electrons. The Balaban J connectivity index is 1.17. The average Bonchev–Trinajstić information content (AvgIpc) is 3.46. The summed E-state index contributed by atoms with van der Waals surface area (Å²) in [5.74, 6) is 1.57. The molecule has 4 fully saturated rings. The molecule has 7 nitrogen and oxygen atoms in total. The Morgan fingerprint density at radius 1 is 0.968 bits per heavy atom. The van der Waals surface area contributed by atoms with Crippen LogP contribution in [0.5, 0.6) is 0 Å². The Morgan fingerprint density at radius 3 is 2.48 bits per heavy atom. The van der Waals surface area contributed by atoms with Gasteiger partial charge in [-0.3, -0.25) is 9.59 Å². The maximum Gasteiger partial charge on any atom is 0.266 e. The van der Waals surface area contributed by atoms with E-state index in [1.165, 1.54) is 18.4 Å². The molecule has 1 saturated carbocycles. The smallest absolute Gasteiger partial charge is 0.266 e. The van der Waals surface area contributed by atoms with Gasteiger partial charge < -0.3 is 14.5 Å². The van der Waals surface area contributed by atoms with Crippen molar-refractivity contribution in [3.63, 3.8) is 0 Å². The molecule has 3 saturated heterocycles. The summed E-state index contributed by atoms with van der Waals surface area (Å²) in [6.45, 7) is 2.12. The molecule has 1 aromatic heterocycles. The summed E-state index contributed by atoms with van der Waals surface area (Å²) in [6.07, 6.45) is 5.42. The molecule has 1 spiro atoms. The summed E-state index contributed by atoms with van der Waals surface area (Å²) in [7, 11) is 0. The van der Waals surface area contributed by atoms with Gasteiger partial charge in [0.1, 0.15) is 12.0 Å². The lowest BCUT2D eigenvalue weighted by Gasteiger charge is -2.38. The third-order valence-electron chi connectivity index (χ3n) is 7.38. The van der Waals surface area contributed by atoms with Crippen molar-refractivity contribution >= 4 is 11.7 Å². The van der Waals surface area contributed by atoms with Crippen molar-refractivity contribution in [3.05, 3.63) is 58.4 Å². The lowest BCUT2D eigenvalue weighted by Crippen LogP contribution is -2.50. The molecule has 0 unspecified atom stereocenters. The number of hydrogen-bond donors (Lipinski definition) is 0. The molecule has 31 heavy (non-hydrogen) atoms. The number of piperidine rings is 1. The first kappa shape index (κ1) is 19.0. The molecule has 2 atom stereocenters. The second-order valence-electron chi connectivity index (χ2n) is 9.43. The number of carbonyl (C=O) groups excluding carboxylic acids is 1. The summed E-state index contributed by atoms with van der Waals surface area (Å²) in [5.41, 5.74) is 0.446. The number of hydrogen-bond acceptors (Lipinski definition) is 5. The van der Waals surface area contributed by atoms with E-state index in [9.17, 15) is 9.59 Å². The van der Waals surface area contributed by atoms with Crippen LogP contribution < -0.4 is 10.5 Å². The number of ether oxygens (including phenoxy) is 1. The lowest BCUT2D eigenvalue weighted by molar-refractivity contribution is -0.140. The molecule has 1 aliphatic carbocycles. The second kappa shape index (κ2) is 7.19. The van der Waals surface area contributed by atoms with E-state index < -0.39 is 5.60 Å². The first-order valence-corrected chi connectivity index (χ1v) is 11.5. The van der Waals surface area contributed by atoms with Crippen molar-refractivity contribution in [1.29, 1.82) is 0 Å². The fraction of sp³-hybridized carbons (Fsp3) is 0.542. The topological polar surface area (TPSA) is 67.7 Å². The third-order valence-corrected chi connectivity index (χ3v) is 7.38. The number of nitrogens with zero attached hydrogens (tertiary/aromatic N) is 4. The molecule has 6 rings (SSSR count). The number of anilines is 1. The fourth-order valence-electron chi connectivity index (χ4n) is 5.43. The highest BCUT2D eigenvalue weighted by molar-refractivity contribution is 5.88. The monoisotopic (exact) mass is 420 g/mol. The van der Waals surface area contributed by atoms with Gasteiger partial charge >= 0.3 is 0 Å². The minimum absolute atomic E-state index is 0.0361. The Hall–Kier alpha value is -2.67. The van der Waals surface area contributed by atoms with Gasteiger partial charge in [0.15, 0.2) is 5.60 Å². The van der Waals surface area contributed by atoms with Gasteiger partial charge in [-0.05, 0) is 43.2 Å². The molecule has 3 aliphatic heterocycles. The van der Waals surface area contributed by atoms with Gasteiger partial charge in [-0.25, -0.2) is 4.68 Å². The van der Waals surface area contributed by atoms with E-state index >= 15 is 0 Å². The Labute approximate surface area is 181 Å². The fourth-order valence-corrected chi connectivity index (χ4v) is 5.43. The average molecular weight is 421 g/mol. The van der Waals surface area contributed by atoms with Crippen LogP contribution in [-0.2, 0) is 16.1 Å². The van der Waals surface area contributed by atoms with Crippen LogP contribution in [0.15, 0.2) is 47.3 Å². The van der Waals surface area contributed by atoms with Gasteiger partial charge in [0.05, 0.1) is 6.04 Å². The molecular formula is C24H28N4O3. The number of carbonyl (C=O) groups is 1. The quantitative estimate of drug-likeness (QED) is 0.761. The van der Waals surface area contributed by atoms with E-state index in [1.54, 1.807) is 10.7 Å². The van der Waals surface area contributed by atoms with Crippen molar-refractivity contribution in [2.45, 2.75) is 62.9 Å². The van der Waals surface area contributed by atoms with Crippen LogP contribution in [0.1, 0.15) is 50.1 Å². The molecule has 0 N–H and O–H groups in total. The largest absolute Gasteiger partial charge is 0.355 e. The summed E-state index contributed by atoms with van der Waals surface area (Å²) in [4.78, 5) is 29.9. The van der Waals surface area contributed by atoms with Crippen LogP contribution in [-0.4, -0.2) is 45.5 Å². The number of fused-ring (bicyclic) bond motifs is 1. The SMILES string of the molecule is O=C1N2[C@@H](CC[C@H]2c2ccccc2)OC12CCN(c1ccc(=O)n(CC3CC3)n1)CC2. The summed E-state index contributed by atoms with van der Waals surface area (Å²) in [6, 6.07) is 13.8. The molecule has 2 aromatic rings. The van der Waals surface area contributed by atoms with Gasteiger partial charge in [-0.15, -0.1) is 0 Å². The van der Waals surface area contributed by atoms with Crippen LogP contribution in [0.3, 0.4) is 0 Å². The first-order valence-electron chi connectivity index (χ1n) is 11.5. The summed E-state index contributed by atoms with van der Waals surface area (Å²) < 4.78 is 8.05. The Kier molecular flexibility index (Phi) is 4.42. The van der Waals surface area contributed by atoms with Crippen LogP contribution in [0.4, 0.5) is 5.82 Å². The molecule has 1 amide bonds. The van der Waals surface area contributed by atoms with E-state index in [-0.39, 0.29) is 23.7 Å². The number of amides is 1. The van der Waals surface area contributed by atoms with Gasteiger partial charge in [0.2, 0.25) is 0 Å². The number of rotatable bonds is 4. The molecular weight excluding hydrogens is 392 g/mol. The molecule has 7 heteroatoms. The van der Waals surface area contributed by atoms with E-state index in [2.05, 4.69) is 22.1 Å². The normalized spacial score (nSPS) is 27.2. The Bertz CT molecular complexity index is 1040. The van der Waals surface area contributed by atoms with Crippen molar-refractivity contribution in [1.82, 2.24) is 14.7 Å². The van der Waals surface area contributed by atoms with Gasteiger partial charge in [0.25, 0.3) is 11.5 Å². The van der Waals surface area contributed by atoms with Gasteiger partial charge in [-0.2, -0.15) is 5.10 Å². The summed E-state index contributed by atoms with van der Waals surface area (Å²) >= 11 is 0. The molecule has 1 aromatic carbocycles. The standard InChI is InChI=1S/C24H28N4O3/c29-21-10-9-20(25-27(21)16-17-6-7-17)26-14-12-24(13-15-26)23(30)28-19(8-11-22(28)31-24)18-4-2-1-3-5-18/h1-5,9-10,17,19,22H,6-8,11-16H2/t19-,22+/m0/s1. The van der Waals surface area contributed by atoms with Crippen molar-refractivity contribution in [2.75, 3.05) is 18.0 Å².